The molecule has 0 aromatic heterocycles. The molecule has 1 atom stereocenters. The van der Waals surface area contributed by atoms with Gasteiger partial charge in [0.2, 0.25) is 0 Å². The predicted octanol–water partition coefficient (Wildman–Crippen LogP) is 1.03. The Morgan fingerprint density at radius 2 is 2.00 bits per heavy atom. The number of methoxy groups -OCH3 is 1. The summed E-state index contributed by atoms with van der Waals surface area (Å²) in [6.45, 7) is 3.28. The number of aryl methyl sites for hydroxylation is 1. The Kier molecular flexibility index (Phi) is 4.09. The molecule has 5 heteroatoms. The first-order chi connectivity index (χ1) is 7.95. The van der Waals surface area contributed by atoms with Gasteiger partial charge < -0.3 is 15.2 Å². The number of hydrogen-bond acceptors (Lipinski definition) is 4. The summed E-state index contributed by atoms with van der Waals surface area (Å²) in [6.07, 6.45) is -0.949. The minimum Gasteiger partial charge on any atom is -0.496 e. The van der Waals surface area contributed by atoms with E-state index in [1.165, 1.54) is 14.0 Å². The topological polar surface area (TPSA) is 78.6 Å². The number of hydrogen-bond donors (Lipinski definition) is 1. The third kappa shape index (κ3) is 3.21. The predicted molar refractivity (Wildman–Crippen MR) is 61.8 cm³/mol. The Labute approximate surface area is 99.5 Å². The van der Waals surface area contributed by atoms with Gasteiger partial charge in [-0.1, -0.05) is 6.07 Å². The van der Waals surface area contributed by atoms with E-state index in [-0.39, 0.29) is 0 Å². The van der Waals surface area contributed by atoms with Crippen LogP contribution in [0.5, 0.6) is 5.75 Å². The molecule has 1 rings (SSSR count). The molecule has 0 fully saturated rings. The number of esters is 1. The van der Waals surface area contributed by atoms with Crippen LogP contribution in [-0.4, -0.2) is 25.1 Å². The van der Waals surface area contributed by atoms with Gasteiger partial charge in [0.05, 0.1) is 12.7 Å². The van der Waals surface area contributed by atoms with E-state index in [0.29, 0.717) is 11.3 Å². The molecular weight excluding hydrogens is 222 g/mol. The quantitative estimate of drug-likeness (QED) is 0.793. The van der Waals surface area contributed by atoms with Gasteiger partial charge in [-0.2, -0.15) is 0 Å². The number of ether oxygens (including phenoxy) is 2. The van der Waals surface area contributed by atoms with Gasteiger partial charge in [-0.15, -0.1) is 0 Å². The van der Waals surface area contributed by atoms with Crippen molar-refractivity contribution in [2.45, 2.75) is 20.0 Å². The summed E-state index contributed by atoms with van der Waals surface area (Å²) in [5.74, 6) is -0.696. The van der Waals surface area contributed by atoms with E-state index in [4.69, 9.17) is 15.2 Å². The monoisotopic (exact) mass is 237 g/mol. The second-order valence-corrected chi connectivity index (χ2v) is 3.63. The van der Waals surface area contributed by atoms with Crippen LogP contribution in [0.15, 0.2) is 18.2 Å². The number of carbonyl (C=O) groups is 2. The van der Waals surface area contributed by atoms with E-state index in [9.17, 15) is 9.59 Å². The highest BCUT2D eigenvalue weighted by Crippen LogP contribution is 2.19. The third-order valence-corrected chi connectivity index (χ3v) is 2.33. The first-order valence-electron chi connectivity index (χ1n) is 5.10. The van der Waals surface area contributed by atoms with Crippen molar-refractivity contribution in [1.82, 2.24) is 0 Å². The van der Waals surface area contributed by atoms with E-state index in [0.717, 1.165) is 5.56 Å². The molecule has 0 bridgehead atoms. The maximum atomic E-state index is 11.7. The van der Waals surface area contributed by atoms with Gasteiger partial charge in [-0.25, -0.2) is 4.79 Å². The van der Waals surface area contributed by atoms with E-state index in [1.54, 1.807) is 18.2 Å². The maximum absolute atomic E-state index is 11.7. The number of rotatable bonds is 4. The van der Waals surface area contributed by atoms with Crippen LogP contribution in [-0.2, 0) is 9.53 Å². The van der Waals surface area contributed by atoms with E-state index >= 15 is 0 Å². The van der Waals surface area contributed by atoms with Crippen LogP contribution in [0.2, 0.25) is 0 Å². The van der Waals surface area contributed by atoms with Crippen LogP contribution in [0.3, 0.4) is 0 Å². The van der Waals surface area contributed by atoms with Crippen molar-refractivity contribution in [2.75, 3.05) is 7.11 Å². The SMILES string of the molecule is COc1cc(C(=O)O[C@@H](C)C(N)=O)ccc1C. The standard InChI is InChI=1S/C12H15NO4/c1-7-4-5-9(6-10(7)16-3)12(15)17-8(2)11(13)14/h4-6,8H,1-3H3,(H2,13,14)/t8-/m0/s1. The van der Waals surface area contributed by atoms with Gasteiger partial charge in [0.1, 0.15) is 5.75 Å². The number of benzene rings is 1. The lowest BCUT2D eigenvalue weighted by atomic mass is 10.1. The van der Waals surface area contributed by atoms with Gasteiger partial charge in [-0.05, 0) is 31.5 Å². The first kappa shape index (κ1) is 13.0. The van der Waals surface area contributed by atoms with Crippen molar-refractivity contribution in [3.05, 3.63) is 29.3 Å². The van der Waals surface area contributed by atoms with Gasteiger partial charge in [0, 0.05) is 0 Å². The molecule has 0 spiro atoms. The summed E-state index contributed by atoms with van der Waals surface area (Å²) in [4.78, 5) is 22.4. The van der Waals surface area contributed by atoms with E-state index < -0.39 is 18.0 Å². The zero-order valence-electron chi connectivity index (χ0n) is 10.0. The molecule has 0 aliphatic carbocycles. The van der Waals surface area contributed by atoms with Crippen molar-refractivity contribution < 1.29 is 19.1 Å². The van der Waals surface area contributed by atoms with Gasteiger partial charge in [0.15, 0.2) is 6.10 Å². The van der Waals surface area contributed by atoms with Crippen LogP contribution < -0.4 is 10.5 Å². The van der Waals surface area contributed by atoms with Gasteiger partial charge in [0.25, 0.3) is 5.91 Å². The summed E-state index contributed by atoms with van der Waals surface area (Å²) in [7, 11) is 1.52. The lowest BCUT2D eigenvalue weighted by molar-refractivity contribution is -0.125. The Morgan fingerprint density at radius 1 is 1.35 bits per heavy atom. The molecule has 0 aliphatic rings. The molecule has 0 unspecified atom stereocenters. The number of amides is 1. The Balaban J connectivity index is 2.86. The smallest absolute Gasteiger partial charge is 0.339 e. The minimum atomic E-state index is -0.949. The van der Waals surface area contributed by atoms with Crippen LogP contribution in [0, 0.1) is 6.92 Å². The second-order valence-electron chi connectivity index (χ2n) is 3.63. The van der Waals surface area contributed by atoms with Crippen LogP contribution in [0.1, 0.15) is 22.8 Å². The Hall–Kier alpha value is -2.04. The fraction of sp³-hybridized carbons (Fsp3) is 0.333. The van der Waals surface area contributed by atoms with Crippen molar-refractivity contribution >= 4 is 11.9 Å². The molecule has 1 amide bonds. The van der Waals surface area contributed by atoms with Crippen molar-refractivity contribution in [1.29, 1.82) is 0 Å². The molecule has 0 heterocycles. The molecular formula is C12H15NO4. The second kappa shape index (κ2) is 5.34. The largest absolute Gasteiger partial charge is 0.496 e. The Bertz CT molecular complexity index is 442. The van der Waals surface area contributed by atoms with Crippen molar-refractivity contribution in [2.24, 2.45) is 5.73 Å². The molecule has 1 aromatic carbocycles. The average Bonchev–Trinajstić information content (AvgIpc) is 2.29. The molecule has 5 nitrogen and oxygen atoms in total. The van der Waals surface area contributed by atoms with Crippen molar-refractivity contribution in [3.8, 4) is 5.75 Å². The van der Waals surface area contributed by atoms with Crippen LogP contribution in [0.4, 0.5) is 0 Å². The zero-order chi connectivity index (χ0) is 13.0. The minimum absolute atomic E-state index is 0.320. The fourth-order valence-corrected chi connectivity index (χ4v) is 1.23. The lowest BCUT2D eigenvalue weighted by Crippen LogP contribution is -2.30. The molecule has 0 radical (unpaired) electrons. The van der Waals surface area contributed by atoms with Crippen molar-refractivity contribution in [3.63, 3.8) is 0 Å². The molecule has 0 saturated heterocycles. The highest BCUT2D eigenvalue weighted by molar-refractivity contribution is 5.92. The first-order valence-corrected chi connectivity index (χ1v) is 5.10. The average molecular weight is 237 g/mol. The van der Waals surface area contributed by atoms with Gasteiger partial charge in [-0.3, -0.25) is 4.79 Å². The molecule has 2 N–H and O–H groups in total. The molecule has 92 valence electrons. The van der Waals surface area contributed by atoms with Gasteiger partial charge >= 0.3 is 5.97 Å². The molecule has 0 saturated carbocycles. The summed E-state index contributed by atoms with van der Waals surface area (Å²) in [5, 5.41) is 0. The lowest BCUT2D eigenvalue weighted by Gasteiger charge is -2.11. The summed E-state index contributed by atoms with van der Waals surface area (Å²) >= 11 is 0. The third-order valence-electron chi connectivity index (χ3n) is 2.33. The van der Waals surface area contributed by atoms with Crippen LogP contribution >= 0.6 is 0 Å². The highest BCUT2D eigenvalue weighted by atomic mass is 16.5. The number of primary amides is 1. The highest BCUT2D eigenvalue weighted by Gasteiger charge is 2.16. The molecule has 17 heavy (non-hydrogen) atoms. The Morgan fingerprint density at radius 3 is 2.53 bits per heavy atom. The summed E-state index contributed by atoms with van der Waals surface area (Å²) in [5.41, 5.74) is 6.23. The normalized spacial score (nSPS) is 11.7. The van der Waals surface area contributed by atoms with E-state index in [1.807, 2.05) is 6.92 Å². The number of nitrogens with two attached hydrogens (primary N) is 1. The van der Waals surface area contributed by atoms with E-state index in [2.05, 4.69) is 0 Å². The maximum Gasteiger partial charge on any atom is 0.339 e. The fourth-order valence-electron chi connectivity index (χ4n) is 1.23. The zero-order valence-corrected chi connectivity index (χ0v) is 10.0. The molecule has 1 aromatic rings. The molecule has 0 aliphatic heterocycles. The summed E-state index contributed by atoms with van der Waals surface area (Å²) in [6, 6.07) is 4.91. The number of carbonyl (C=O) groups excluding carboxylic acids is 2. The van der Waals surface area contributed by atoms with Crippen LogP contribution in [0.25, 0.3) is 0 Å². The summed E-state index contributed by atoms with van der Waals surface area (Å²) < 4.78 is 9.96.